The molecule has 0 bridgehead atoms. The quantitative estimate of drug-likeness (QED) is 0.420. The fourth-order valence-corrected chi connectivity index (χ4v) is 3.09. The highest BCUT2D eigenvalue weighted by Crippen LogP contribution is 2.19. The normalized spacial score (nSPS) is 18.2. The van der Waals surface area contributed by atoms with Crippen LogP contribution in [0.1, 0.15) is 44.1 Å². The van der Waals surface area contributed by atoms with Crippen molar-refractivity contribution in [2.24, 2.45) is 0 Å². The van der Waals surface area contributed by atoms with Gasteiger partial charge in [0.05, 0.1) is 18.7 Å². The standard InChI is InChI=1S/C22H27NO4/c24-20(17-18-9-4-3-5-10-18)15-14-19-11-8-12-21(25)23(19)16-7-2-1-6-13-22(26)27/h3-5,9-10,14-15,19-20,24H,1,6,8,11-13,16-17H2,(H,26,27)/b15-14+. The van der Waals surface area contributed by atoms with Crippen LogP contribution in [0.5, 0.6) is 0 Å². The van der Waals surface area contributed by atoms with E-state index in [1.54, 1.807) is 11.0 Å². The average Bonchev–Trinajstić information content (AvgIpc) is 2.65. The third kappa shape index (κ3) is 7.67. The van der Waals surface area contributed by atoms with E-state index >= 15 is 0 Å². The van der Waals surface area contributed by atoms with Gasteiger partial charge in [0.2, 0.25) is 5.91 Å². The SMILES string of the molecule is O=C(O)CCCC#CCN1C(=O)CCCC1/C=C/C(O)Cc1ccccc1. The zero-order valence-electron chi connectivity index (χ0n) is 15.5. The summed E-state index contributed by atoms with van der Waals surface area (Å²) in [4.78, 5) is 24.5. The van der Waals surface area contributed by atoms with Crippen LogP contribution in [0.25, 0.3) is 0 Å². The molecule has 2 atom stereocenters. The van der Waals surface area contributed by atoms with Gasteiger partial charge in [-0.15, -0.1) is 5.92 Å². The minimum atomic E-state index is -0.817. The molecule has 0 saturated carbocycles. The largest absolute Gasteiger partial charge is 0.481 e. The first-order valence-corrected chi connectivity index (χ1v) is 9.43. The lowest BCUT2D eigenvalue weighted by Gasteiger charge is -2.32. The Labute approximate surface area is 160 Å². The fourth-order valence-electron chi connectivity index (χ4n) is 3.09. The van der Waals surface area contributed by atoms with Gasteiger partial charge in [-0.2, -0.15) is 0 Å². The van der Waals surface area contributed by atoms with Crippen molar-refractivity contribution in [2.45, 2.75) is 57.1 Å². The van der Waals surface area contributed by atoms with Gasteiger partial charge in [0, 0.05) is 25.7 Å². The highest BCUT2D eigenvalue weighted by atomic mass is 16.4. The number of aliphatic hydroxyl groups is 1. The van der Waals surface area contributed by atoms with E-state index in [-0.39, 0.29) is 18.4 Å². The van der Waals surface area contributed by atoms with Gasteiger partial charge in [-0.3, -0.25) is 9.59 Å². The molecule has 1 aliphatic heterocycles. The molecule has 5 nitrogen and oxygen atoms in total. The molecule has 1 amide bonds. The Kier molecular flexibility index (Phi) is 8.60. The number of rotatable bonds is 8. The monoisotopic (exact) mass is 369 g/mol. The summed E-state index contributed by atoms with van der Waals surface area (Å²) in [5.41, 5.74) is 1.07. The number of amides is 1. The fraction of sp³-hybridized carbons (Fsp3) is 0.455. The Balaban J connectivity index is 1.87. The number of likely N-dealkylation sites (tertiary alicyclic amines) is 1. The van der Waals surface area contributed by atoms with Crippen molar-refractivity contribution < 1.29 is 19.8 Å². The predicted molar refractivity (Wildman–Crippen MR) is 104 cm³/mol. The number of carbonyl (C=O) groups excluding carboxylic acids is 1. The van der Waals surface area contributed by atoms with Crippen molar-refractivity contribution in [2.75, 3.05) is 6.54 Å². The van der Waals surface area contributed by atoms with Crippen LogP contribution in [0.4, 0.5) is 0 Å². The molecule has 1 aliphatic rings. The van der Waals surface area contributed by atoms with E-state index in [9.17, 15) is 14.7 Å². The van der Waals surface area contributed by atoms with Crippen LogP contribution in [-0.4, -0.2) is 45.7 Å². The van der Waals surface area contributed by atoms with Crippen molar-refractivity contribution in [3.63, 3.8) is 0 Å². The molecule has 1 aromatic carbocycles. The Morgan fingerprint density at radius 3 is 2.81 bits per heavy atom. The van der Waals surface area contributed by atoms with E-state index in [4.69, 9.17) is 5.11 Å². The second-order valence-corrected chi connectivity index (χ2v) is 6.72. The maximum Gasteiger partial charge on any atom is 0.303 e. The van der Waals surface area contributed by atoms with Crippen molar-refractivity contribution in [3.05, 3.63) is 48.0 Å². The first-order chi connectivity index (χ1) is 13.1. The molecule has 1 saturated heterocycles. The topological polar surface area (TPSA) is 77.8 Å². The Bertz CT molecular complexity index is 702. The maximum atomic E-state index is 12.2. The lowest BCUT2D eigenvalue weighted by molar-refractivity contribution is -0.137. The summed E-state index contributed by atoms with van der Waals surface area (Å²) in [5, 5.41) is 18.8. The molecule has 1 fully saturated rings. The summed E-state index contributed by atoms with van der Waals surface area (Å²) in [6.45, 7) is 0.343. The third-order valence-electron chi connectivity index (χ3n) is 4.52. The number of hydrogen-bond donors (Lipinski definition) is 2. The Morgan fingerprint density at radius 1 is 1.30 bits per heavy atom. The summed E-state index contributed by atoms with van der Waals surface area (Å²) >= 11 is 0. The van der Waals surface area contributed by atoms with E-state index in [2.05, 4.69) is 11.8 Å². The molecule has 1 aromatic rings. The van der Waals surface area contributed by atoms with Crippen LogP contribution in [0.2, 0.25) is 0 Å². The smallest absolute Gasteiger partial charge is 0.303 e. The molecule has 144 valence electrons. The molecule has 0 aliphatic carbocycles. The van der Waals surface area contributed by atoms with E-state index < -0.39 is 12.1 Å². The van der Waals surface area contributed by atoms with Gasteiger partial charge >= 0.3 is 5.97 Å². The molecule has 5 heteroatoms. The van der Waals surface area contributed by atoms with Gasteiger partial charge < -0.3 is 15.1 Å². The highest BCUT2D eigenvalue weighted by molar-refractivity contribution is 5.78. The van der Waals surface area contributed by atoms with Gasteiger partial charge in [-0.1, -0.05) is 48.4 Å². The predicted octanol–water partition coefficient (Wildman–Crippen LogP) is 2.79. The van der Waals surface area contributed by atoms with Crippen molar-refractivity contribution >= 4 is 11.9 Å². The van der Waals surface area contributed by atoms with Crippen LogP contribution in [-0.2, 0) is 16.0 Å². The maximum absolute atomic E-state index is 12.2. The Morgan fingerprint density at radius 2 is 2.07 bits per heavy atom. The lowest BCUT2D eigenvalue weighted by atomic mass is 9.99. The minimum absolute atomic E-state index is 0.0509. The summed E-state index contributed by atoms with van der Waals surface area (Å²) < 4.78 is 0. The number of carboxylic acid groups (broad SMARTS) is 1. The molecule has 2 rings (SSSR count). The molecule has 27 heavy (non-hydrogen) atoms. The van der Waals surface area contributed by atoms with Gasteiger partial charge in [-0.25, -0.2) is 0 Å². The molecule has 1 heterocycles. The number of aliphatic hydroxyl groups excluding tert-OH is 1. The van der Waals surface area contributed by atoms with Crippen LogP contribution in [0.3, 0.4) is 0 Å². The number of carbonyl (C=O) groups is 2. The third-order valence-corrected chi connectivity index (χ3v) is 4.52. The summed E-state index contributed by atoms with van der Waals surface area (Å²) in [5.74, 6) is 5.19. The first kappa shape index (κ1) is 20.7. The number of unbranched alkanes of at least 4 members (excludes halogenated alkanes) is 1. The van der Waals surface area contributed by atoms with E-state index in [0.29, 0.717) is 32.2 Å². The number of benzene rings is 1. The molecule has 0 aromatic heterocycles. The van der Waals surface area contributed by atoms with Gasteiger partial charge in [-0.05, 0) is 24.8 Å². The van der Waals surface area contributed by atoms with Gasteiger partial charge in [0.25, 0.3) is 0 Å². The van der Waals surface area contributed by atoms with Crippen LogP contribution < -0.4 is 0 Å². The van der Waals surface area contributed by atoms with Crippen molar-refractivity contribution in [1.29, 1.82) is 0 Å². The molecule has 2 N–H and O–H groups in total. The number of piperidine rings is 1. The number of hydrogen-bond acceptors (Lipinski definition) is 3. The van der Waals surface area contributed by atoms with Crippen LogP contribution in [0, 0.1) is 11.8 Å². The second-order valence-electron chi connectivity index (χ2n) is 6.72. The van der Waals surface area contributed by atoms with Crippen LogP contribution in [0.15, 0.2) is 42.5 Å². The van der Waals surface area contributed by atoms with Crippen LogP contribution >= 0.6 is 0 Å². The number of carboxylic acids is 1. The Hall–Kier alpha value is -2.58. The molecule has 0 spiro atoms. The van der Waals surface area contributed by atoms with Crippen molar-refractivity contribution in [1.82, 2.24) is 4.90 Å². The number of aliphatic carboxylic acids is 1. The minimum Gasteiger partial charge on any atom is -0.481 e. The molecule has 2 unspecified atom stereocenters. The first-order valence-electron chi connectivity index (χ1n) is 9.43. The summed E-state index contributed by atoms with van der Waals surface area (Å²) in [7, 11) is 0. The van der Waals surface area contributed by atoms with Gasteiger partial charge in [0.1, 0.15) is 0 Å². The molecular weight excluding hydrogens is 342 g/mol. The lowest BCUT2D eigenvalue weighted by Crippen LogP contribution is -2.42. The highest BCUT2D eigenvalue weighted by Gasteiger charge is 2.25. The zero-order valence-corrected chi connectivity index (χ0v) is 15.5. The zero-order chi connectivity index (χ0) is 19.5. The summed E-state index contributed by atoms with van der Waals surface area (Å²) in [6, 6.07) is 9.75. The van der Waals surface area contributed by atoms with E-state index in [1.807, 2.05) is 36.4 Å². The van der Waals surface area contributed by atoms with Gasteiger partial charge in [0.15, 0.2) is 0 Å². The van der Waals surface area contributed by atoms with Crippen molar-refractivity contribution in [3.8, 4) is 11.8 Å². The molecule has 0 radical (unpaired) electrons. The van der Waals surface area contributed by atoms with E-state index in [0.717, 1.165) is 18.4 Å². The average molecular weight is 369 g/mol. The second kappa shape index (κ2) is 11.2. The van der Waals surface area contributed by atoms with E-state index in [1.165, 1.54) is 0 Å². The summed E-state index contributed by atoms with van der Waals surface area (Å²) in [6.07, 6.45) is 7.01. The molecular formula is C22H27NO4. The number of nitrogens with zero attached hydrogens (tertiary/aromatic N) is 1.